The largest absolute Gasteiger partial charge is 0.321 e. The Kier molecular flexibility index (Phi) is 4.53. The van der Waals surface area contributed by atoms with Crippen molar-refractivity contribution >= 4 is 43.5 Å². The van der Waals surface area contributed by atoms with E-state index in [-0.39, 0.29) is 5.56 Å². The maximum Gasteiger partial charge on any atom is 0.255 e. The molecule has 0 radical (unpaired) electrons. The van der Waals surface area contributed by atoms with Gasteiger partial charge in [-0.15, -0.1) is 0 Å². The molecule has 0 fully saturated rings. The molecule has 0 aromatic heterocycles. The number of nitrogens with one attached hydrogen (secondary N) is 1. The minimum Gasteiger partial charge on any atom is -0.321 e. The van der Waals surface area contributed by atoms with Gasteiger partial charge < -0.3 is 5.32 Å². The van der Waals surface area contributed by atoms with Gasteiger partial charge in [-0.05, 0) is 36.4 Å². The van der Waals surface area contributed by atoms with Crippen LogP contribution in [0.15, 0.2) is 45.3 Å². The van der Waals surface area contributed by atoms with Gasteiger partial charge in [0, 0.05) is 14.5 Å². The Morgan fingerprint density at radius 2 is 1.90 bits per heavy atom. The first-order valence-electron chi connectivity index (χ1n) is 5.46. The monoisotopic (exact) mass is 396 g/mol. The Hall–Kier alpha value is -1.71. The molecule has 20 heavy (non-hydrogen) atoms. The van der Waals surface area contributed by atoms with Crippen molar-refractivity contribution in [3.05, 3.63) is 62.3 Å². The highest BCUT2D eigenvalue weighted by Crippen LogP contribution is 2.22. The maximum absolute atomic E-state index is 13.3. The van der Waals surface area contributed by atoms with E-state index in [2.05, 4.69) is 37.2 Å². The molecule has 0 aliphatic rings. The van der Waals surface area contributed by atoms with Crippen molar-refractivity contribution in [2.75, 3.05) is 5.32 Å². The van der Waals surface area contributed by atoms with Crippen LogP contribution in [0.4, 0.5) is 10.1 Å². The second-order valence-corrected chi connectivity index (χ2v) is 5.75. The van der Waals surface area contributed by atoms with Gasteiger partial charge in [0.05, 0.1) is 11.3 Å². The van der Waals surface area contributed by atoms with Crippen LogP contribution < -0.4 is 5.32 Å². The quantitative estimate of drug-likeness (QED) is 0.812. The first-order chi connectivity index (χ1) is 9.49. The van der Waals surface area contributed by atoms with Crippen LogP contribution in [-0.2, 0) is 0 Å². The third-order valence-electron chi connectivity index (χ3n) is 2.48. The molecule has 0 saturated carbocycles. The molecule has 1 amide bonds. The predicted molar refractivity (Wildman–Crippen MR) is 80.9 cm³/mol. The molecule has 0 spiro atoms. The van der Waals surface area contributed by atoms with Crippen molar-refractivity contribution in [3.63, 3.8) is 0 Å². The van der Waals surface area contributed by atoms with Crippen LogP contribution in [0.2, 0.25) is 0 Å². The Bertz CT molecular complexity index is 705. The second-order valence-electron chi connectivity index (χ2n) is 3.91. The normalized spacial score (nSPS) is 9.90. The van der Waals surface area contributed by atoms with Crippen LogP contribution in [0.1, 0.15) is 15.9 Å². The van der Waals surface area contributed by atoms with Gasteiger partial charge in [-0.3, -0.25) is 4.79 Å². The molecule has 0 saturated heterocycles. The van der Waals surface area contributed by atoms with Gasteiger partial charge in [0.2, 0.25) is 0 Å². The third-order valence-corrected chi connectivity index (χ3v) is 3.43. The van der Waals surface area contributed by atoms with Gasteiger partial charge >= 0.3 is 0 Å². The number of rotatable bonds is 2. The molecule has 0 bridgehead atoms. The predicted octanol–water partition coefficient (Wildman–Crippen LogP) is 4.47. The number of benzene rings is 2. The van der Waals surface area contributed by atoms with Crippen LogP contribution >= 0.6 is 31.9 Å². The van der Waals surface area contributed by atoms with Crippen molar-refractivity contribution in [1.82, 2.24) is 0 Å². The van der Waals surface area contributed by atoms with E-state index in [4.69, 9.17) is 5.26 Å². The van der Waals surface area contributed by atoms with Crippen molar-refractivity contribution in [1.29, 1.82) is 5.26 Å². The number of halogens is 3. The van der Waals surface area contributed by atoms with Crippen LogP contribution in [0.3, 0.4) is 0 Å². The summed E-state index contributed by atoms with van der Waals surface area (Å²) in [6.45, 7) is 0. The van der Waals surface area contributed by atoms with Gasteiger partial charge in [0.1, 0.15) is 11.9 Å². The zero-order valence-electron chi connectivity index (χ0n) is 9.95. The summed E-state index contributed by atoms with van der Waals surface area (Å²) in [4.78, 5) is 12.1. The van der Waals surface area contributed by atoms with E-state index in [0.29, 0.717) is 15.7 Å². The lowest BCUT2D eigenvalue weighted by atomic mass is 10.1. The van der Waals surface area contributed by atoms with E-state index < -0.39 is 11.7 Å². The third kappa shape index (κ3) is 3.44. The molecule has 0 heterocycles. The standard InChI is InChI=1S/C14H7Br2FN2O/c15-10-2-1-8(7-18)13(6-10)19-14(20)9-3-11(16)5-12(17)4-9/h1-6H,(H,19,20). The number of hydrogen-bond donors (Lipinski definition) is 1. The fourth-order valence-electron chi connectivity index (χ4n) is 1.60. The average molecular weight is 398 g/mol. The Labute approximate surface area is 131 Å². The lowest BCUT2D eigenvalue weighted by Crippen LogP contribution is -2.13. The molecule has 1 N–H and O–H groups in total. The first-order valence-corrected chi connectivity index (χ1v) is 7.05. The average Bonchev–Trinajstić information content (AvgIpc) is 2.37. The second kappa shape index (κ2) is 6.16. The highest BCUT2D eigenvalue weighted by atomic mass is 79.9. The molecule has 100 valence electrons. The van der Waals surface area contributed by atoms with Gasteiger partial charge in [0.15, 0.2) is 0 Å². The number of nitrogens with zero attached hydrogens (tertiary/aromatic N) is 1. The number of hydrogen-bond acceptors (Lipinski definition) is 2. The SMILES string of the molecule is N#Cc1ccc(Br)cc1NC(=O)c1cc(F)cc(Br)c1. The molecule has 3 nitrogen and oxygen atoms in total. The first kappa shape index (κ1) is 14.7. The molecular weight excluding hydrogens is 391 g/mol. The molecular formula is C14H7Br2FN2O. The lowest BCUT2D eigenvalue weighted by molar-refractivity contribution is 0.102. The van der Waals surface area contributed by atoms with E-state index in [1.165, 1.54) is 12.1 Å². The summed E-state index contributed by atoms with van der Waals surface area (Å²) in [5.41, 5.74) is 0.866. The molecule has 2 rings (SSSR count). The number of carbonyl (C=O) groups is 1. The molecule has 0 aliphatic carbocycles. The molecule has 0 aliphatic heterocycles. The van der Waals surface area contributed by atoms with Crippen LogP contribution in [0.5, 0.6) is 0 Å². The minimum atomic E-state index is -0.515. The van der Waals surface area contributed by atoms with E-state index >= 15 is 0 Å². The summed E-state index contributed by atoms with van der Waals surface area (Å²) in [5, 5.41) is 11.6. The van der Waals surface area contributed by atoms with Gasteiger partial charge in [-0.25, -0.2) is 4.39 Å². The summed E-state index contributed by atoms with van der Waals surface area (Å²) in [6, 6.07) is 10.8. The van der Waals surface area contributed by atoms with Gasteiger partial charge in [-0.1, -0.05) is 31.9 Å². The maximum atomic E-state index is 13.3. The summed E-state index contributed by atoms with van der Waals surface area (Å²) >= 11 is 6.39. The van der Waals surface area contributed by atoms with Gasteiger partial charge in [0.25, 0.3) is 5.91 Å². The Balaban J connectivity index is 2.32. The number of amides is 1. The van der Waals surface area contributed by atoms with E-state index in [1.54, 1.807) is 18.2 Å². The minimum absolute atomic E-state index is 0.167. The molecule has 0 unspecified atom stereocenters. The van der Waals surface area contributed by atoms with Crippen molar-refractivity contribution in [2.24, 2.45) is 0 Å². The van der Waals surface area contributed by atoms with Crippen molar-refractivity contribution in [3.8, 4) is 6.07 Å². The molecule has 0 atom stereocenters. The number of carbonyl (C=O) groups excluding carboxylic acids is 1. The topological polar surface area (TPSA) is 52.9 Å². The van der Waals surface area contributed by atoms with Crippen LogP contribution in [0.25, 0.3) is 0 Å². The summed E-state index contributed by atoms with van der Waals surface area (Å²) in [5.74, 6) is -1.00. The molecule has 2 aromatic carbocycles. The summed E-state index contributed by atoms with van der Waals surface area (Å²) in [6.07, 6.45) is 0. The van der Waals surface area contributed by atoms with Crippen LogP contribution in [-0.4, -0.2) is 5.91 Å². The summed E-state index contributed by atoms with van der Waals surface area (Å²) in [7, 11) is 0. The van der Waals surface area contributed by atoms with E-state index in [1.807, 2.05) is 6.07 Å². The highest BCUT2D eigenvalue weighted by molar-refractivity contribution is 9.10. The molecule has 2 aromatic rings. The number of anilines is 1. The smallest absolute Gasteiger partial charge is 0.255 e. The van der Waals surface area contributed by atoms with Crippen LogP contribution in [0, 0.1) is 17.1 Å². The van der Waals surface area contributed by atoms with Crippen molar-refractivity contribution < 1.29 is 9.18 Å². The fraction of sp³-hybridized carbons (Fsp3) is 0. The zero-order valence-corrected chi connectivity index (χ0v) is 13.1. The van der Waals surface area contributed by atoms with Crippen molar-refractivity contribution in [2.45, 2.75) is 0 Å². The Morgan fingerprint density at radius 3 is 2.55 bits per heavy atom. The number of nitriles is 1. The highest BCUT2D eigenvalue weighted by Gasteiger charge is 2.11. The van der Waals surface area contributed by atoms with E-state index in [0.717, 1.165) is 10.5 Å². The summed E-state index contributed by atoms with van der Waals surface area (Å²) < 4.78 is 14.5. The molecule has 6 heteroatoms. The zero-order chi connectivity index (χ0) is 14.7. The fourth-order valence-corrected chi connectivity index (χ4v) is 2.42. The van der Waals surface area contributed by atoms with Gasteiger partial charge in [-0.2, -0.15) is 5.26 Å². The Morgan fingerprint density at radius 1 is 1.15 bits per heavy atom. The lowest BCUT2D eigenvalue weighted by Gasteiger charge is -2.08. The van der Waals surface area contributed by atoms with E-state index in [9.17, 15) is 9.18 Å².